The number of hydrogen-bond donors (Lipinski definition) is 1. The SMILES string of the molecule is C=CCn1c(COc2ccc(Cl)cc2)nnc1SCC(=O)NC(C)c1ccccc1Cl. The first-order valence-corrected chi connectivity index (χ1v) is 11.3. The summed E-state index contributed by atoms with van der Waals surface area (Å²) in [5.74, 6) is 1.40. The van der Waals surface area contributed by atoms with E-state index in [4.69, 9.17) is 27.9 Å². The second-order valence-corrected chi connectivity index (χ2v) is 8.43. The number of aromatic nitrogens is 3. The van der Waals surface area contributed by atoms with Crippen molar-refractivity contribution in [2.45, 2.75) is 31.3 Å². The van der Waals surface area contributed by atoms with Gasteiger partial charge in [-0.1, -0.05) is 59.2 Å². The fourth-order valence-corrected chi connectivity index (χ4v) is 4.04. The van der Waals surface area contributed by atoms with Crippen molar-refractivity contribution >= 4 is 40.9 Å². The Hall–Kier alpha value is -2.48. The summed E-state index contributed by atoms with van der Waals surface area (Å²) in [7, 11) is 0. The van der Waals surface area contributed by atoms with E-state index in [9.17, 15) is 4.79 Å². The minimum atomic E-state index is -0.198. The van der Waals surface area contributed by atoms with E-state index in [0.717, 1.165) is 5.56 Å². The summed E-state index contributed by atoms with van der Waals surface area (Å²) in [6.45, 7) is 6.43. The average Bonchev–Trinajstić information content (AvgIpc) is 3.14. The van der Waals surface area contributed by atoms with Gasteiger partial charge in [-0.2, -0.15) is 0 Å². The van der Waals surface area contributed by atoms with Gasteiger partial charge in [-0.05, 0) is 42.8 Å². The number of carbonyl (C=O) groups excluding carboxylic acids is 1. The molecule has 1 amide bonds. The number of rotatable bonds is 10. The van der Waals surface area contributed by atoms with Crippen LogP contribution in [0.3, 0.4) is 0 Å². The Kier molecular flexibility index (Phi) is 8.40. The highest BCUT2D eigenvalue weighted by Gasteiger charge is 2.16. The Morgan fingerprint density at radius 3 is 2.68 bits per heavy atom. The van der Waals surface area contributed by atoms with Crippen LogP contribution >= 0.6 is 35.0 Å². The highest BCUT2D eigenvalue weighted by atomic mass is 35.5. The lowest BCUT2D eigenvalue weighted by Crippen LogP contribution is -2.28. The molecule has 0 saturated carbocycles. The summed E-state index contributed by atoms with van der Waals surface area (Å²) in [5, 5.41) is 13.3. The fourth-order valence-electron chi connectivity index (χ4n) is 2.84. The molecule has 1 aromatic heterocycles. The predicted octanol–water partition coefficient (Wildman–Crippen LogP) is 5.32. The van der Waals surface area contributed by atoms with Crippen molar-refractivity contribution in [2.75, 3.05) is 5.75 Å². The van der Waals surface area contributed by atoms with Crippen molar-refractivity contribution in [1.29, 1.82) is 0 Å². The normalized spacial score (nSPS) is 11.7. The molecule has 31 heavy (non-hydrogen) atoms. The molecule has 0 fully saturated rings. The summed E-state index contributed by atoms with van der Waals surface area (Å²) >= 11 is 13.4. The molecule has 1 N–H and O–H groups in total. The summed E-state index contributed by atoms with van der Waals surface area (Å²) in [6.07, 6.45) is 1.75. The van der Waals surface area contributed by atoms with Crippen LogP contribution in [0.5, 0.6) is 5.75 Å². The minimum absolute atomic E-state index is 0.121. The van der Waals surface area contributed by atoms with Crippen molar-refractivity contribution in [3.63, 3.8) is 0 Å². The van der Waals surface area contributed by atoms with Crippen LogP contribution in [0.2, 0.25) is 10.0 Å². The quantitative estimate of drug-likeness (QED) is 0.316. The van der Waals surface area contributed by atoms with Crippen LogP contribution in [-0.4, -0.2) is 26.4 Å². The lowest BCUT2D eigenvalue weighted by molar-refractivity contribution is -0.119. The van der Waals surface area contributed by atoms with Crippen molar-refractivity contribution < 1.29 is 9.53 Å². The number of amides is 1. The van der Waals surface area contributed by atoms with Gasteiger partial charge in [0.1, 0.15) is 12.4 Å². The molecular formula is C22H22Cl2N4O2S. The summed E-state index contributed by atoms with van der Waals surface area (Å²) in [5.41, 5.74) is 0.874. The fraction of sp³-hybridized carbons (Fsp3) is 0.227. The smallest absolute Gasteiger partial charge is 0.230 e. The number of nitrogens with zero attached hydrogens (tertiary/aromatic N) is 3. The summed E-state index contributed by atoms with van der Waals surface area (Å²) in [4.78, 5) is 12.4. The van der Waals surface area contributed by atoms with Gasteiger partial charge in [-0.25, -0.2) is 0 Å². The monoisotopic (exact) mass is 476 g/mol. The third kappa shape index (κ3) is 6.50. The number of allylic oxidation sites excluding steroid dienone is 1. The van der Waals surface area contributed by atoms with Gasteiger partial charge in [-0.15, -0.1) is 16.8 Å². The predicted molar refractivity (Wildman–Crippen MR) is 125 cm³/mol. The largest absolute Gasteiger partial charge is 0.486 e. The van der Waals surface area contributed by atoms with E-state index in [1.165, 1.54) is 11.8 Å². The first kappa shape index (κ1) is 23.2. The Morgan fingerprint density at radius 2 is 1.97 bits per heavy atom. The minimum Gasteiger partial charge on any atom is -0.486 e. The van der Waals surface area contributed by atoms with Crippen LogP contribution in [0.1, 0.15) is 24.4 Å². The molecule has 0 saturated heterocycles. The van der Waals surface area contributed by atoms with Gasteiger partial charge in [0, 0.05) is 16.6 Å². The van der Waals surface area contributed by atoms with Crippen LogP contribution < -0.4 is 10.1 Å². The second kappa shape index (κ2) is 11.2. The van der Waals surface area contributed by atoms with Crippen LogP contribution in [0, 0.1) is 0 Å². The zero-order chi connectivity index (χ0) is 22.2. The topological polar surface area (TPSA) is 69.0 Å². The average molecular weight is 477 g/mol. The number of nitrogens with one attached hydrogen (secondary N) is 1. The molecule has 1 heterocycles. The first-order chi connectivity index (χ1) is 15.0. The van der Waals surface area contributed by atoms with Crippen LogP contribution in [-0.2, 0) is 17.9 Å². The van der Waals surface area contributed by atoms with Crippen LogP contribution in [0.15, 0.2) is 66.3 Å². The van der Waals surface area contributed by atoms with Crippen molar-refractivity contribution in [2.24, 2.45) is 0 Å². The number of carbonyl (C=O) groups is 1. The highest BCUT2D eigenvalue weighted by molar-refractivity contribution is 7.99. The molecule has 0 bridgehead atoms. The highest BCUT2D eigenvalue weighted by Crippen LogP contribution is 2.23. The molecule has 6 nitrogen and oxygen atoms in total. The van der Waals surface area contributed by atoms with Crippen molar-refractivity contribution in [1.82, 2.24) is 20.1 Å². The summed E-state index contributed by atoms with van der Waals surface area (Å²) < 4.78 is 7.64. The third-order valence-corrected chi connectivity index (χ3v) is 5.93. The van der Waals surface area contributed by atoms with E-state index >= 15 is 0 Å². The molecule has 2 aromatic carbocycles. The molecule has 1 atom stereocenters. The second-order valence-electron chi connectivity index (χ2n) is 6.64. The zero-order valence-corrected chi connectivity index (χ0v) is 19.3. The van der Waals surface area contributed by atoms with E-state index in [2.05, 4.69) is 22.1 Å². The molecule has 0 spiro atoms. The Labute approximate surface area is 195 Å². The maximum Gasteiger partial charge on any atom is 0.230 e. The van der Waals surface area contributed by atoms with E-state index in [1.54, 1.807) is 36.4 Å². The number of halogens is 2. The van der Waals surface area contributed by atoms with Gasteiger partial charge in [0.2, 0.25) is 5.91 Å². The molecule has 3 rings (SSSR count). The van der Waals surface area contributed by atoms with Gasteiger partial charge >= 0.3 is 0 Å². The number of thioether (sulfide) groups is 1. The molecule has 162 valence electrons. The molecule has 3 aromatic rings. The lowest BCUT2D eigenvalue weighted by Gasteiger charge is -2.15. The van der Waals surface area contributed by atoms with Gasteiger partial charge in [0.25, 0.3) is 0 Å². The maximum absolute atomic E-state index is 12.4. The zero-order valence-electron chi connectivity index (χ0n) is 16.9. The van der Waals surface area contributed by atoms with E-state index in [0.29, 0.717) is 33.3 Å². The molecule has 9 heteroatoms. The number of ether oxygens (including phenoxy) is 1. The molecular weight excluding hydrogens is 455 g/mol. The van der Waals surface area contributed by atoms with Gasteiger partial charge in [-0.3, -0.25) is 9.36 Å². The standard InChI is InChI=1S/C22H22Cl2N4O2S/c1-3-12-28-20(13-30-17-10-8-16(23)9-11-17)26-27-22(28)31-14-21(29)25-15(2)18-6-4-5-7-19(18)24/h3-11,15H,1,12-14H2,2H3,(H,25,29). The molecule has 0 aliphatic carbocycles. The summed E-state index contributed by atoms with van der Waals surface area (Å²) in [6, 6.07) is 14.3. The van der Waals surface area contributed by atoms with Gasteiger partial charge in [0.15, 0.2) is 11.0 Å². The molecule has 0 aliphatic rings. The van der Waals surface area contributed by atoms with E-state index < -0.39 is 0 Å². The van der Waals surface area contributed by atoms with Crippen molar-refractivity contribution in [3.8, 4) is 5.75 Å². The van der Waals surface area contributed by atoms with Crippen LogP contribution in [0.25, 0.3) is 0 Å². The lowest BCUT2D eigenvalue weighted by atomic mass is 10.1. The Balaban J connectivity index is 1.59. The van der Waals surface area contributed by atoms with E-state index in [-0.39, 0.29) is 24.3 Å². The van der Waals surface area contributed by atoms with Crippen LogP contribution in [0.4, 0.5) is 0 Å². The Morgan fingerprint density at radius 1 is 1.23 bits per heavy atom. The first-order valence-electron chi connectivity index (χ1n) is 9.56. The van der Waals surface area contributed by atoms with E-state index in [1.807, 2.05) is 29.7 Å². The van der Waals surface area contributed by atoms with Gasteiger partial charge in [0.05, 0.1) is 11.8 Å². The van der Waals surface area contributed by atoms with Gasteiger partial charge < -0.3 is 10.1 Å². The Bertz CT molecular complexity index is 1040. The number of hydrogen-bond acceptors (Lipinski definition) is 5. The molecule has 0 radical (unpaired) electrons. The third-order valence-electron chi connectivity index (χ3n) is 4.37. The molecule has 1 unspecified atom stereocenters. The number of benzene rings is 2. The van der Waals surface area contributed by atoms with Crippen molar-refractivity contribution in [3.05, 3.63) is 82.6 Å². The maximum atomic E-state index is 12.4. The molecule has 0 aliphatic heterocycles.